The lowest BCUT2D eigenvalue weighted by Crippen LogP contribution is -2.38. The number of hydrogen-bond acceptors (Lipinski definition) is 4. The minimum atomic E-state index is -0.136. The van der Waals surface area contributed by atoms with Crippen molar-refractivity contribution in [1.82, 2.24) is 25.5 Å². The molecule has 0 aliphatic carbocycles. The van der Waals surface area contributed by atoms with E-state index >= 15 is 0 Å². The van der Waals surface area contributed by atoms with Gasteiger partial charge in [-0.05, 0) is 49.9 Å². The molecule has 0 spiro atoms. The largest absolute Gasteiger partial charge is 0.381 e. The third-order valence-corrected chi connectivity index (χ3v) is 4.76. The van der Waals surface area contributed by atoms with Gasteiger partial charge in [-0.25, -0.2) is 4.98 Å². The van der Waals surface area contributed by atoms with Crippen molar-refractivity contribution in [2.75, 3.05) is 13.2 Å². The molecule has 0 radical (unpaired) electrons. The van der Waals surface area contributed by atoms with E-state index in [4.69, 9.17) is 4.74 Å². The Hall–Kier alpha value is -2.67. The van der Waals surface area contributed by atoms with Gasteiger partial charge in [0.15, 0.2) is 5.82 Å². The van der Waals surface area contributed by atoms with E-state index in [1.54, 1.807) is 6.20 Å². The van der Waals surface area contributed by atoms with Gasteiger partial charge >= 0.3 is 0 Å². The molecule has 25 heavy (non-hydrogen) atoms. The van der Waals surface area contributed by atoms with Crippen LogP contribution in [0.25, 0.3) is 22.6 Å². The molecule has 3 aromatic rings. The molecule has 1 amide bonds. The second-order valence-corrected chi connectivity index (χ2v) is 6.55. The molecule has 4 rings (SSSR count). The van der Waals surface area contributed by atoms with Crippen molar-refractivity contribution in [3.8, 4) is 11.5 Å². The van der Waals surface area contributed by atoms with Gasteiger partial charge < -0.3 is 15.0 Å². The zero-order chi connectivity index (χ0) is 17.4. The van der Waals surface area contributed by atoms with Gasteiger partial charge in [-0.3, -0.25) is 9.89 Å². The highest BCUT2D eigenvalue weighted by Gasteiger charge is 2.22. The van der Waals surface area contributed by atoms with Crippen LogP contribution in [0.5, 0.6) is 0 Å². The summed E-state index contributed by atoms with van der Waals surface area (Å²) in [5, 5.41) is 10.1. The van der Waals surface area contributed by atoms with Gasteiger partial charge in [0.1, 0.15) is 5.69 Å². The highest BCUT2D eigenvalue weighted by molar-refractivity contribution is 5.99. The van der Waals surface area contributed by atoms with E-state index in [-0.39, 0.29) is 11.9 Å². The number of carbonyl (C=O) groups excluding carboxylic acids is 1. The van der Waals surface area contributed by atoms with E-state index in [0.29, 0.717) is 30.3 Å². The number of aromatic amines is 2. The van der Waals surface area contributed by atoms with Crippen molar-refractivity contribution < 1.29 is 9.53 Å². The Morgan fingerprint density at radius 3 is 2.80 bits per heavy atom. The molecule has 130 valence electrons. The smallest absolute Gasteiger partial charge is 0.255 e. The lowest BCUT2D eigenvalue weighted by atomic mass is 10.1. The predicted octanol–water partition coefficient (Wildman–Crippen LogP) is 2.48. The summed E-state index contributed by atoms with van der Waals surface area (Å²) in [6, 6.07) is 4.25. The fourth-order valence-corrected chi connectivity index (χ4v) is 3.13. The second-order valence-electron chi connectivity index (χ2n) is 6.55. The molecule has 0 bridgehead atoms. The predicted molar refractivity (Wildman–Crippen MR) is 94.5 cm³/mol. The second kappa shape index (κ2) is 6.33. The Bertz CT molecular complexity index is 882. The average Bonchev–Trinajstić information content (AvgIpc) is 3.22. The summed E-state index contributed by atoms with van der Waals surface area (Å²) in [7, 11) is 0. The fourth-order valence-electron chi connectivity index (χ4n) is 3.13. The molecule has 3 N–H and O–H groups in total. The number of H-pyrrole nitrogens is 2. The molecule has 1 fully saturated rings. The molecule has 3 heterocycles. The van der Waals surface area contributed by atoms with Crippen molar-refractivity contribution in [3.05, 3.63) is 35.0 Å². The number of nitrogens with one attached hydrogen (secondary N) is 3. The number of ether oxygens (including phenoxy) is 1. The monoisotopic (exact) mass is 339 g/mol. The topological polar surface area (TPSA) is 95.7 Å². The number of hydrogen-bond donors (Lipinski definition) is 3. The number of nitrogens with zero attached hydrogens (tertiary/aromatic N) is 2. The molecule has 7 nitrogen and oxygen atoms in total. The number of aryl methyl sites for hydroxylation is 2. The molecule has 1 aromatic carbocycles. The number of aromatic nitrogens is 4. The number of rotatable bonds is 3. The van der Waals surface area contributed by atoms with E-state index in [2.05, 4.69) is 45.4 Å². The van der Waals surface area contributed by atoms with Gasteiger partial charge in [0.25, 0.3) is 5.91 Å². The third-order valence-electron chi connectivity index (χ3n) is 4.76. The van der Waals surface area contributed by atoms with Crippen LogP contribution < -0.4 is 5.32 Å². The summed E-state index contributed by atoms with van der Waals surface area (Å²) in [6.07, 6.45) is 3.29. The van der Waals surface area contributed by atoms with E-state index < -0.39 is 0 Å². The number of amides is 1. The van der Waals surface area contributed by atoms with Gasteiger partial charge in [0, 0.05) is 25.5 Å². The molecule has 1 saturated heterocycles. The summed E-state index contributed by atoms with van der Waals surface area (Å²) in [5.74, 6) is 0.460. The van der Waals surface area contributed by atoms with Crippen molar-refractivity contribution in [2.45, 2.75) is 32.7 Å². The Labute approximate surface area is 145 Å². The average molecular weight is 339 g/mol. The van der Waals surface area contributed by atoms with Crippen molar-refractivity contribution >= 4 is 16.9 Å². The summed E-state index contributed by atoms with van der Waals surface area (Å²) in [6.45, 7) is 5.50. The van der Waals surface area contributed by atoms with E-state index in [1.807, 2.05) is 6.07 Å². The molecular formula is C18H21N5O2. The van der Waals surface area contributed by atoms with Crippen LogP contribution in [0.2, 0.25) is 0 Å². The van der Waals surface area contributed by atoms with Crippen molar-refractivity contribution in [1.29, 1.82) is 0 Å². The van der Waals surface area contributed by atoms with E-state index in [1.165, 1.54) is 11.1 Å². The molecule has 0 atom stereocenters. The maximum atomic E-state index is 12.6. The first-order valence-corrected chi connectivity index (χ1v) is 8.51. The Balaban J connectivity index is 1.63. The van der Waals surface area contributed by atoms with Gasteiger partial charge in [0.05, 0.1) is 16.6 Å². The molecule has 0 saturated carbocycles. The van der Waals surface area contributed by atoms with Gasteiger partial charge in [-0.1, -0.05) is 0 Å². The Kier molecular flexibility index (Phi) is 4.01. The number of imidazole rings is 1. The van der Waals surface area contributed by atoms with Crippen LogP contribution >= 0.6 is 0 Å². The Morgan fingerprint density at radius 2 is 2.00 bits per heavy atom. The minimum absolute atomic E-state index is 0.136. The van der Waals surface area contributed by atoms with Crippen LogP contribution in [0.15, 0.2) is 18.3 Å². The molecule has 1 aliphatic heterocycles. The minimum Gasteiger partial charge on any atom is -0.381 e. The highest BCUT2D eigenvalue weighted by atomic mass is 16.5. The quantitative estimate of drug-likeness (QED) is 0.683. The van der Waals surface area contributed by atoms with Crippen molar-refractivity contribution in [3.63, 3.8) is 0 Å². The normalized spacial score (nSPS) is 15.6. The standard InChI is InChI=1S/C18H21N5O2/c1-10-7-14-15(8-11(10)2)22-17(21-14)16-13(9-19-23-16)18(24)20-12-3-5-25-6-4-12/h7-9,12H,3-6H2,1-2H3,(H,19,23)(H,20,24)(H,21,22). The molecule has 2 aromatic heterocycles. The summed E-state index contributed by atoms with van der Waals surface area (Å²) >= 11 is 0. The van der Waals surface area contributed by atoms with E-state index in [9.17, 15) is 4.79 Å². The zero-order valence-corrected chi connectivity index (χ0v) is 14.3. The number of carbonyl (C=O) groups is 1. The molecule has 7 heteroatoms. The SMILES string of the molecule is Cc1cc2nc(-c3n[nH]cc3C(=O)NC3CCOCC3)[nH]c2cc1C. The fraction of sp³-hybridized carbons (Fsp3) is 0.389. The summed E-state index contributed by atoms with van der Waals surface area (Å²) in [5.41, 5.74) is 5.23. The van der Waals surface area contributed by atoms with Crippen LogP contribution in [0.1, 0.15) is 34.3 Å². The van der Waals surface area contributed by atoms with E-state index in [0.717, 1.165) is 23.9 Å². The van der Waals surface area contributed by atoms with Crippen LogP contribution in [-0.2, 0) is 4.74 Å². The van der Waals surface area contributed by atoms with Crippen LogP contribution in [0, 0.1) is 13.8 Å². The zero-order valence-electron chi connectivity index (χ0n) is 14.3. The lowest BCUT2D eigenvalue weighted by Gasteiger charge is -2.22. The maximum Gasteiger partial charge on any atom is 0.255 e. The third kappa shape index (κ3) is 3.02. The lowest BCUT2D eigenvalue weighted by molar-refractivity contribution is 0.0697. The molecule has 1 aliphatic rings. The van der Waals surface area contributed by atoms with Crippen molar-refractivity contribution in [2.24, 2.45) is 0 Å². The summed E-state index contributed by atoms with van der Waals surface area (Å²) in [4.78, 5) is 20.5. The first-order chi connectivity index (χ1) is 12.1. The maximum absolute atomic E-state index is 12.6. The number of benzene rings is 1. The first-order valence-electron chi connectivity index (χ1n) is 8.51. The number of fused-ring (bicyclic) bond motifs is 1. The summed E-state index contributed by atoms with van der Waals surface area (Å²) < 4.78 is 5.33. The van der Waals surface area contributed by atoms with Gasteiger partial charge in [-0.15, -0.1) is 0 Å². The molecular weight excluding hydrogens is 318 g/mol. The highest BCUT2D eigenvalue weighted by Crippen LogP contribution is 2.24. The Morgan fingerprint density at radius 1 is 1.24 bits per heavy atom. The van der Waals surface area contributed by atoms with Gasteiger partial charge in [-0.2, -0.15) is 5.10 Å². The van der Waals surface area contributed by atoms with Crippen LogP contribution in [0.4, 0.5) is 0 Å². The molecule has 0 unspecified atom stereocenters. The van der Waals surface area contributed by atoms with Crippen LogP contribution in [-0.4, -0.2) is 45.3 Å². The van der Waals surface area contributed by atoms with Gasteiger partial charge in [0.2, 0.25) is 0 Å². The van der Waals surface area contributed by atoms with Crippen LogP contribution in [0.3, 0.4) is 0 Å². The first kappa shape index (κ1) is 15.8.